The highest BCUT2D eigenvalue weighted by atomic mass is 35.5. The molecule has 0 radical (unpaired) electrons. The Kier molecular flexibility index (Phi) is 6.87. The molecule has 0 saturated heterocycles. The molecule has 64 valence electrons. The zero-order valence-electron chi connectivity index (χ0n) is 6.05. The fourth-order valence-electron chi connectivity index (χ4n) is 0.454. The number of carbonyl (C=O) groups excluding carboxylic acids is 1. The first-order chi connectivity index (χ1) is 5.27. The Balaban J connectivity index is 2.96. The molecule has 3 N–H and O–H groups in total. The van der Waals surface area contributed by atoms with Gasteiger partial charge in [0.25, 0.3) is 0 Å². The normalized spacial score (nSPS) is 10.3. The van der Waals surface area contributed by atoms with Gasteiger partial charge in [-0.3, -0.25) is 0 Å². The van der Waals surface area contributed by atoms with Crippen LogP contribution in [0.25, 0.3) is 0 Å². The van der Waals surface area contributed by atoms with Crippen molar-refractivity contribution in [2.75, 3.05) is 19.7 Å². The van der Waals surface area contributed by atoms with Crippen LogP contribution in [0.4, 0.5) is 4.79 Å². The predicted molar refractivity (Wildman–Crippen MR) is 43.4 cm³/mol. The first kappa shape index (κ1) is 10.3. The Labute approximate surface area is 70.3 Å². The topological polar surface area (TPSA) is 64.4 Å². The summed E-state index contributed by atoms with van der Waals surface area (Å²) >= 11 is 5.24. The maximum atomic E-state index is 10.0. The van der Waals surface area contributed by atoms with Crippen LogP contribution in [-0.2, 0) is 4.74 Å². The monoisotopic (exact) mass is 178 g/mol. The Hall–Kier alpha value is -0.740. The van der Waals surface area contributed by atoms with Gasteiger partial charge < -0.3 is 15.8 Å². The van der Waals surface area contributed by atoms with E-state index < -0.39 is 6.09 Å². The van der Waals surface area contributed by atoms with Gasteiger partial charge in [-0.25, -0.2) is 4.79 Å². The van der Waals surface area contributed by atoms with E-state index in [1.807, 2.05) is 0 Å². The van der Waals surface area contributed by atoms with Crippen LogP contribution < -0.4 is 11.1 Å². The van der Waals surface area contributed by atoms with E-state index in [-0.39, 0.29) is 6.61 Å². The van der Waals surface area contributed by atoms with E-state index >= 15 is 0 Å². The summed E-state index contributed by atoms with van der Waals surface area (Å²) in [6, 6.07) is 0. The second-order valence-electron chi connectivity index (χ2n) is 1.73. The lowest BCUT2D eigenvalue weighted by Gasteiger charge is -2.00. The standard InChI is InChI=1S/C6H11ClN2O2/c7-2-1-3-9-4-5-11-6(8)10/h1-2,9H,3-5H2,(H2,8,10)/b2-1+. The third-order valence-electron chi connectivity index (χ3n) is 0.874. The highest BCUT2D eigenvalue weighted by Crippen LogP contribution is 1.75. The molecule has 0 saturated carbocycles. The van der Waals surface area contributed by atoms with Gasteiger partial charge in [0.2, 0.25) is 0 Å². The van der Waals surface area contributed by atoms with Crippen molar-refractivity contribution in [3.05, 3.63) is 11.6 Å². The summed E-state index contributed by atoms with van der Waals surface area (Å²) < 4.78 is 4.44. The molecule has 0 aliphatic carbocycles. The van der Waals surface area contributed by atoms with Crippen LogP contribution >= 0.6 is 11.6 Å². The van der Waals surface area contributed by atoms with E-state index in [0.717, 1.165) is 0 Å². The first-order valence-electron chi connectivity index (χ1n) is 3.15. The van der Waals surface area contributed by atoms with Crippen LogP contribution in [0.3, 0.4) is 0 Å². The van der Waals surface area contributed by atoms with Gasteiger partial charge in [0.1, 0.15) is 6.61 Å². The number of amides is 1. The quantitative estimate of drug-likeness (QED) is 0.600. The van der Waals surface area contributed by atoms with Crippen molar-refractivity contribution in [2.24, 2.45) is 5.73 Å². The van der Waals surface area contributed by atoms with Crippen molar-refractivity contribution in [1.82, 2.24) is 5.32 Å². The first-order valence-corrected chi connectivity index (χ1v) is 3.59. The van der Waals surface area contributed by atoms with Gasteiger partial charge in [-0.05, 0) is 0 Å². The van der Waals surface area contributed by atoms with Crippen molar-refractivity contribution >= 4 is 17.7 Å². The molecule has 11 heavy (non-hydrogen) atoms. The molecule has 0 aromatic rings. The SMILES string of the molecule is NC(=O)OCCNC/C=C/Cl. The molecule has 1 amide bonds. The van der Waals surface area contributed by atoms with Crippen LogP contribution in [0.15, 0.2) is 11.6 Å². The summed E-state index contributed by atoms with van der Waals surface area (Å²) in [7, 11) is 0. The van der Waals surface area contributed by atoms with Crippen molar-refractivity contribution < 1.29 is 9.53 Å². The number of ether oxygens (including phenoxy) is 1. The number of hydrogen-bond donors (Lipinski definition) is 2. The van der Waals surface area contributed by atoms with Gasteiger partial charge in [0, 0.05) is 18.6 Å². The predicted octanol–water partition coefficient (Wildman–Crippen LogP) is 0.424. The van der Waals surface area contributed by atoms with Crippen LogP contribution in [0.2, 0.25) is 0 Å². The summed E-state index contributed by atoms with van der Waals surface area (Å²) in [5.41, 5.74) is 6.13. The lowest BCUT2D eigenvalue weighted by molar-refractivity contribution is 0.157. The van der Waals surface area contributed by atoms with E-state index in [9.17, 15) is 4.79 Å². The molecule has 0 bridgehead atoms. The van der Waals surface area contributed by atoms with Crippen LogP contribution in [0.5, 0.6) is 0 Å². The lowest BCUT2D eigenvalue weighted by atomic mass is 10.6. The Morgan fingerprint density at radius 2 is 2.45 bits per heavy atom. The fraction of sp³-hybridized carbons (Fsp3) is 0.500. The Morgan fingerprint density at radius 3 is 3.00 bits per heavy atom. The summed E-state index contributed by atoms with van der Waals surface area (Å²) in [4.78, 5) is 10.0. The summed E-state index contributed by atoms with van der Waals surface area (Å²) in [6.45, 7) is 1.52. The minimum absolute atomic E-state index is 0.283. The summed E-state index contributed by atoms with van der Waals surface area (Å²) in [5.74, 6) is 0. The number of rotatable bonds is 5. The van der Waals surface area contributed by atoms with E-state index in [0.29, 0.717) is 13.1 Å². The molecular formula is C6H11ClN2O2. The number of halogens is 1. The minimum Gasteiger partial charge on any atom is -0.448 e. The summed E-state index contributed by atoms with van der Waals surface area (Å²) in [5, 5.41) is 2.94. The highest BCUT2D eigenvalue weighted by Gasteiger charge is 1.90. The third kappa shape index (κ3) is 9.26. The molecule has 0 aromatic heterocycles. The van der Waals surface area contributed by atoms with Crippen LogP contribution in [0, 0.1) is 0 Å². The number of carbonyl (C=O) groups is 1. The number of hydrogen-bond acceptors (Lipinski definition) is 3. The van der Waals surface area contributed by atoms with Gasteiger partial charge in [0.15, 0.2) is 0 Å². The van der Waals surface area contributed by atoms with E-state index in [4.69, 9.17) is 17.3 Å². The summed E-state index contributed by atoms with van der Waals surface area (Å²) in [6.07, 6.45) is 0.992. The van der Waals surface area contributed by atoms with Crippen molar-refractivity contribution in [3.63, 3.8) is 0 Å². The maximum Gasteiger partial charge on any atom is 0.404 e. The van der Waals surface area contributed by atoms with Crippen molar-refractivity contribution in [3.8, 4) is 0 Å². The van der Waals surface area contributed by atoms with Crippen molar-refractivity contribution in [1.29, 1.82) is 0 Å². The molecule has 0 rings (SSSR count). The number of primary amides is 1. The van der Waals surface area contributed by atoms with Crippen LogP contribution in [-0.4, -0.2) is 25.8 Å². The zero-order valence-corrected chi connectivity index (χ0v) is 6.80. The number of nitrogens with two attached hydrogens (primary N) is 1. The minimum atomic E-state index is -0.750. The largest absolute Gasteiger partial charge is 0.448 e. The van der Waals surface area contributed by atoms with Gasteiger partial charge in [-0.2, -0.15) is 0 Å². The lowest BCUT2D eigenvalue weighted by Crippen LogP contribution is -2.23. The molecule has 0 unspecified atom stereocenters. The molecule has 4 nitrogen and oxygen atoms in total. The molecule has 0 spiro atoms. The maximum absolute atomic E-state index is 10.0. The molecule has 5 heteroatoms. The second-order valence-corrected chi connectivity index (χ2v) is 1.99. The Bertz CT molecular complexity index is 139. The molecule has 0 aliphatic rings. The van der Waals surface area contributed by atoms with Gasteiger partial charge in [-0.1, -0.05) is 17.7 Å². The van der Waals surface area contributed by atoms with Crippen molar-refractivity contribution in [2.45, 2.75) is 0 Å². The molecule has 0 aliphatic heterocycles. The molecule has 0 heterocycles. The molecular weight excluding hydrogens is 168 g/mol. The fourth-order valence-corrected chi connectivity index (χ4v) is 0.543. The van der Waals surface area contributed by atoms with Gasteiger partial charge in [-0.15, -0.1) is 0 Å². The van der Waals surface area contributed by atoms with Gasteiger partial charge >= 0.3 is 6.09 Å². The van der Waals surface area contributed by atoms with E-state index in [1.54, 1.807) is 6.08 Å². The second kappa shape index (κ2) is 7.37. The molecule has 0 atom stereocenters. The van der Waals surface area contributed by atoms with E-state index in [2.05, 4.69) is 10.1 Å². The zero-order chi connectivity index (χ0) is 8.53. The third-order valence-corrected chi connectivity index (χ3v) is 1.05. The average Bonchev–Trinajstić information content (AvgIpc) is 1.96. The average molecular weight is 179 g/mol. The molecule has 0 aromatic carbocycles. The van der Waals surface area contributed by atoms with Gasteiger partial charge in [0.05, 0.1) is 0 Å². The Morgan fingerprint density at radius 1 is 1.73 bits per heavy atom. The smallest absolute Gasteiger partial charge is 0.404 e. The highest BCUT2D eigenvalue weighted by molar-refractivity contribution is 6.25. The number of nitrogens with one attached hydrogen (secondary N) is 1. The van der Waals surface area contributed by atoms with E-state index in [1.165, 1.54) is 5.54 Å². The van der Waals surface area contributed by atoms with Crippen LogP contribution in [0.1, 0.15) is 0 Å². The molecule has 0 fully saturated rings.